The van der Waals surface area contributed by atoms with Crippen LogP contribution in [0.2, 0.25) is 0 Å². The quantitative estimate of drug-likeness (QED) is 0.874. The highest BCUT2D eigenvalue weighted by molar-refractivity contribution is 5.85. The third kappa shape index (κ3) is 4.30. The minimum Gasteiger partial charge on any atom is -0.346 e. The van der Waals surface area contributed by atoms with Crippen molar-refractivity contribution in [3.63, 3.8) is 0 Å². The highest BCUT2D eigenvalue weighted by Gasteiger charge is 2.22. The number of rotatable bonds is 5. The van der Waals surface area contributed by atoms with E-state index in [1.54, 1.807) is 0 Å². The fraction of sp³-hybridized carbons (Fsp3) is 0.438. The van der Waals surface area contributed by atoms with E-state index < -0.39 is 0 Å². The van der Waals surface area contributed by atoms with E-state index in [9.17, 15) is 4.79 Å². The van der Waals surface area contributed by atoms with Crippen LogP contribution in [0.4, 0.5) is 0 Å². The second-order valence-corrected chi connectivity index (χ2v) is 5.43. The number of amides is 1. The molecule has 0 radical (unpaired) electrons. The van der Waals surface area contributed by atoms with Gasteiger partial charge in [0.05, 0.1) is 12.6 Å². The summed E-state index contributed by atoms with van der Waals surface area (Å²) >= 11 is 0. The van der Waals surface area contributed by atoms with Gasteiger partial charge in [-0.1, -0.05) is 36.3 Å². The summed E-state index contributed by atoms with van der Waals surface area (Å²) in [5.41, 5.74) is 2.18. The number of halogens is 1. The van der Waals surface area contributed by atoms with E-state index in [0.29, 0.717) is 11.7 Å². The molecule has 1 aliphatic heterocycles. The first-order valence-electron chi connectivity index (χ1n) is 7.69. The van der Waals surface area contributed by atoms with E-state index >= 15 is 0 Å². The summed E-state index contributed by atoms with van der Waals surface area (Å²) in [7, 11) is 0. The van der Waals surface area contributed by atoms with Crippen molar-refractivity contribution in [2.75, 3.05) is 6.54 Å². The van der Waals surface area contributed by atoms with Crippen LogP contribution >= 0.6 is 12.4 Å². The van der Waals surface area contributed by atoms with E-state index in [2.05, 4.69) is 39.8 Å². The smallest absolute Gasteiger partial charge is 0.246 e. The highest BCUT2D eigenvalue weighted by Crippen LogP contribution is 2.16. The van der Waals surface area contributed by atoms with Gasteiger partial charge >= 0.3 is 0 Å². The first-order chi connectivity index (χ1) is 10.8. The van der Waals surface area contributed by atoms with E-state index in [4.69, 9.17) is 4.52 Å². The van der Waals surface area contributed by atoms with Gasteiger partial charge in [-0.3, -0.25) is 4.79 Å². The Morgan fingerprint density at radius 1 is 1.39 bits per heavy atom. The van der Waals surface area contributed by atoms with Crippen LogP contribution in [0.1, 0.15) is 31.2 Å². The molecule has 0 spiro atoms. The number of hydrogen-bond donors (Lipinski definition) is 2. The van der Waals surface area contributed by atoms with Gasteiger partial charge in [0.25, 0.3) is 0 Å². The number of carbonyl (C=O) groups excluding carboxylic acids is 1. The molecule has 1 aliphatic rings. The maximum absolute atomic E-state index is 11.9. The normalized spacial score (nSPS) is 16.8. The monoisotopic (exact) mass is 336 g/mol. The summed E-state index contributed by atoms with van der Waals surface area (Å²) in [6, 6.07) is 7.98. The van der Waals surface area contributed by atoms with E-state index in [0.717, 1.165) is 31.4 Å². The van der Waals surface area contributed by atoms with Gasteiger partial charge in [0, 0.05) is 5.56 Å². The van der Waals surface area contributed by atoms with Crippen LogP contribution in [0.5, 0.6) is 0 Å². The Kier molecular flexibility index (Phi) is 6.12. The maximum Gasteiger partial charge on any atom is 0.246 e. The van der Waals surface area contributed by atoms with Gasteiger partial charge < -0.3 is 15.2 Å². The highest BCUT2D eigenvalue weighted by atomic mass is 35.5. The predicted molar refractivity (Wildman–Crippen MR) is 89.2 cm³/mol. The number of nitrogens with one attached hydrogen (secondary N) is 2. The first-order valence-corrected chi connectivity index (χ1v) is 7.69. The molecular formula is C16H21ClN4O2. The van der Waals surface area contributed by atoms with Gasteiger partial charge in [0.2, 0.25) is 17.6 Å². The number of carbonyl (C=O) groups is 1. The molecule has 0 saturated carbocycles. The van der Waals surface area contributed by atoms with Gasteiger partial charge in [-0.2, -0.15) is 4.98 Å². The van der Waals surface area contributed by atoms with Gasteiger partial charge in [-0.25, -0.2) is 0 Å². The molecule has 2 N–H and O–H groups in total. The topological polar surface area (TPSA) is 80.0 Å². The zero-order valence-corrected chi connectivity index (χ0v) is 13.9. The molecule has 3 rings (SSSR count). The summed E-state index contributed by atoms with van der Waals surface area (Å²) in [6.07, 6.45) is 2.92. The number of aromatic nitrogens is 2. The Morgan fingerprint density at radius 2 is 2.17 bits per heavy atom. The van der Waals surface area contributed by atoms with Crippen LogP contribution in [-0.4, -0.2) is 28.6 Å². The lowest BCUT2D eigenvalue weighted by Crippen LogP contribution is -2.40. The Morgan fingerprint density at radius 3 is 2.83 bits per heavy atom. The molecule has 0 aliphatic carbocycles. The van der Waals surface area contributed by atoms with Crippen LogP contribution in [0.15, 0.2) is 28.8 Å². The van der Waals surface area contributed by atoms with Crippen molar-refractivity contribution in [1.29, 1.82) is 0 Å². The van der Waals surface area contributed by atoms with Crippen molar-refractivity contribution in [3.05, 3.63) is 35.7 Å². The average molecular weight is 337 g/mol. The summed E-state index contributed by atoms with van der Waals surface area (Å²) in [6.45, 7) is 3.27. The molecule has 1 aromatic carbocycles. The Bertz CT molecular complexity index is 636. The number of nitrogens with zero attached hydrogens (tertiary/aromatic N) is 2. The molecular weight excluding hydrogens is 316 g/mol. The van der Waals surface area contributed by atoms with Crippen LogP contribution in [-0.2, 0) is 17.8 Å². The molecule has 1 saturated heterocycles. The summed E-state index contributed by atoms with van der Waals surface area (Å²) in [4.78, 5) is 16.2. The van der Waals surface area contributed by atoms with Crippen LogP contribution in [0.3, 0.4) is 0 Å². The molecule has 7 heteroatoms. The summed E-state index contributed by atoms with van der Waals surface area (Å²) in [5.74, 6) is 0.955. The third-order valence-corrected chi connectivity index (χ3v) is 3.88. The van der Waals surface area contributed by atoms with E-state index in [1.165, 1.54) is 5.56 Å². The van der Waals surface area contributed by atoms with Crippen molar-refractivity contribution in [1.82, 2.24) is 20.8 Å². The second-order valence-electron chi connectivity index (χ2n) is 5.43. The SMILES string of the molecule is CCc1ccc(-c2noc(CNC(=O)C3CCCN3)n2)cc1.Cl. The zero-order valence-electron chi connectivity index (χ0n) is 13.0. The molecule has 6 nitrogen and oxygen atoms in total. The standard InChI is InChI=1S/C16H20N4O2.ClH/c1-2-11-5-7-12(8-6-11)15-19-14(22-20-15)10-18-16(21)13-4-3-9-17-13;/h5-8,13,17H,2-4,9-10H2,1H3,(H,18,21);1H. The average Bonchev–Trinajstić information content (AvgIpc) is 3.24. The first kappa shape index (κ1) is 17.4. The molecule has 1 amide bonds. The number of aryl methyl sites for hydroxylation is 1. The maximum atomic E-state index is 11.9. The van der Waals surface area contributed by atoms with Crippen LogP contribution in [0.25, 0.3) is 11.4 Å². The minimum absolute atomic E-state index is 0. The third-order valence-electron chi connectivity index (χ3n) is 3.88. The van der Waals surface area contributed by atoms with Crippen molar-refractivity contribution in [2.24, 2.45) is 0 Å². The Balaban J connectivity index is 0.00000192. The lowest BCUT2D eigenvalue weighted by Gasteiger charge is -2.08. The van der Waals surface area contributed by atoms with Gasteiger partial charge in [0.15, 0.2) is 0 Å². The van der Waals surface area contributed by atoms with Crippen molar-refractivity contribution < 1.29 is 9.32 Å². The summed E-state index contributed by atoms with van der Waals surface area (Å²) < 4.78 is 5.19. The zero-order chi connectivity index (χ0) is 15.4. The molecule has 0 bridgehead atoms. The van der Waals surface area contributed by atoms with Crippen LogP contribution in [0, 0.1) is 0 Å². The number of hydrogen-bond acceptors (Lipinski definition) is 5. The second kappa shape index (κ2) is 8.08. The van der Waals surface area contributed by atoms with Gasteiger partial charge in [0.1, 0.15) is 0 Å². The largest absolute Gasteiger partial charge is 0.346 e. The molecule has 2 aromatic rings. The summed E-state index contributed by atoms with van der Waals surface area (Å²) in [5, 5.41) is 9.95. The molecule has 23 heavy (non-hydrogen) atoms. The Hall–Kier alpha value is -1.92. The number of benzene rings is 1. The van der Waals surface area contributed by atoms with Crippen LogP contribution < -0.4 is 10.6 Å². The van der Waals surface area contributed by atoms with E-state index in [1.807, 2.05) is 12.1 Å². The molecule has 1 aromatic heterocycles. The Labute approximate surface area is 141 Å². The predicted octanol–water partition coefficient (Wildman–Crippen LogP) is 2.09. The fourth-order valence-electron chi connectivity index (χ4n) is 2.53. The minimum atomic E-state index is -0.0935. The fourth-order valence-corrected chi connectivity index (χ4v) is 2.53. The van der Waals surface area contributed by atoms with Crippen molar-refractivity contribution in [3.8, 4) is 11.4 Å². The van der Waals surface area contributed by atoms with Gasteiger partial charge in [-0.15, -0.1) is 12.4 Å². The molecule has 124 valence electrons. The van der Waals surface area contributed by atoms with Gasteiger partial charge in [-0.05, 0) is 31.4 Å². The lowest BCUT2D eigenvalue weighted by molar-refractivity contribution is -0.123. The lowest BCUT2D eigenvalue weighted by atomic mass is 10.1. The van der Waals surface area contributed by atoms with Crippen molar-refractivity contribution in [2.45, 2.75) is 38.8 Å². The molecule has 1 atom stereocenters. The molecule has 1 unspecified atom stereocenters. The molecule has 1 fully saturated rings. The van der Waals surface area contributed by atoms with Crippen molar-refractivity contribution >= 4 is 18.3 Å². The molecule has 2 heterocycles. The van der Waals surface area contributed by atoms with E-state index in [-0.39, 0.29) is 30.9 Å².